The molecule has 1 rings (SSSR count). The molecule has 11 heteroatoms. The van der Waals surface area contributed by atoms with Gasteiger partial charge in [-0.2, -0.15) is 26.3 Å². The van der Waals surface area contributed by atoms with E-state index in [0.29, 0.717) is 12.1 Å². The lowest BCUT2D eigenvalue weighted by Gasteiger charge is -2.20. The summed E-state index contributed by atoms with van der Waals surface area (Å²) in [5.74, 6) is -1.70. The number of halogens is 9. The van der Waals surface area contributed by atoms with E-state index in [0.717, 1.165) is 0 Å². The SMILES string of the molecule is C[C@@H](CC(=O)Nc1cc(C(F)(F)F)cc(C(F)(F)F)c1)C(Cl)(Cl)Cl. The zero-order valence-electron chi connectivity index (χ0n) is 11.8. The molecule has 136 valence electrons. The minimum atomic E-state index is -5.01. The van der Waals surface area contributed by atoms with Gasteiger partial charge in [-0.3, -0.25) is 4.79 Å². The molecule has 1 aromatic rings. The molecule has 0 bridgehead atoms. The first-order chi connectivity index (χ1) is 10.6. The Bertz CT molecular complexity index is 577. The first-order valence-electron chi connectivity index (χ1n) is 6.26. The zero-order chi connectivity index (χ0) is 18.9. The van der Waals surface area contributed by atoms with Gasteiger partial charge < -0.3 is 5.32 Å². The fourth-order valence-corrected chi connectivity index (χ4v) is 1.86. The lowest BCUT2D eigenvalue weighted by molar-refractivity contribution is -0.143. The first-order valence-corrected chi connectivity index (χ1v) is 7.40. The van der Waals surface area contributed by atoms with Crippen molar-refractivity contribution >= 4 is 46.4 Å². The summed E-state index contributed by atoms with van der Waals surface area (Å²) in [6, 6.07) is 0.750. The Balaban J connectivity index is 3.09. The van der Waals surface area contributed by atoms with Crippen molar-refractivity contribution in [2.24, 2.45) is 5.92 Å². The normalized spacial score (nSPS) is 14.4. The van der Waals surface area contributed by atoms with Crippen LogP contribution in [0.4, 0.5) is 32.0 Å². The van der Waals surface area contributed by atoms with Gasteiger partial charge >= 0.3 is 12.4 Å². The number of alkyl halides is 9. The quantitative estimate of drug-likeness (QED) is 0.471. The fourth-order valence-electron chi connectivity index (χ4n) is 1.63. The van der Waals surface area contributed by atoms with Gasteiger partial charge in [0.15, 0.2) is 3.79 Å². The smallest absolute Gasteiger partial charge is 0.326 e. The lowest BCUT2D eigenvalue weighted by Crippen LogP contribution is -2.23. The molecular weight excluding hydrogens is 406 g/mol. The maximum absolute atomic E-state index is 12.7. The molecule has 24 heavy (non-hydrogen) atoms. The predicted molar refractivity (Wildman–Crippen MR) is 79.1 cm³/mol. The predicted octanol–water partition coefficient (Wildman–Crippen LogP) is 6.06. The van der Waals surface area contributed by atoms with Crippen LogP contribution in [0.25, 0.3) is 0 Å². The van der Waals surface area contributed by atoms with Gasteiger partial charge in [0.05, 0.1) is 11.1 Å². The third-order valence-electron chi connectivity index (χ3n) is 2.92. The standard InChI is InChI=1S/C13H10Cl3F6NO/c1-6(11(14,15)16)2-10(24)23-9-4-7(12(17,18)19)3-8(5-9)13(20,21)22/h3-6H,2H2,1H3,(H,23,24)/t6-/m0/s1. The van der Waals surface area contributed by atoms with Gasteiger partial charge in [-0.15, -0.1) is 0 Å². The summed E-state index contributed by atoms with van der Waals surface area (Å²) < 4.78 is 74.4. The molecule has 0 saturated carbocycles. The summed E-state index contributed by atoms with van der Waals surface area (Å²) >= 11 is 16.7. The molecule has 0 aliphatic rings. The highest BCUT2D eigenvalue weighted by Crippen LogP contribution is 2.38. The number of rotatable bonds is 3. The highest BCUT2D eigenvalue weighted by molar-refractivity contribution is 6.67. The summed E-state index contributed by atoms with van der Waals surface area (Å²) in [6.45, 7) is 1.39. The Kier molecular flexibility index (Phi) is 6.33. The molecule has 0 aliphatic heterocycles. The number of carbonyl (C=O) groups excluding carboxylic acids is 1. The van der Waals surface area contributed by atoms with Crippen molar-refractivity contribution in [2.45, 2.75) is 29.5 Å². The van der Waals surface area contributed by atoms with Gasteiger partial charge in [-0.25, -0.2) is 0 Å². The molecule has 1 amide bonds. The van der Waals surface area contributed by atoms with E-state index >= 15 is 0 Å². The number of hydrogen-bond acceptors (Lipinski definition) is 1. The molecule has 0 spiro atoms. The van der Waals surface area contributed by atoms with Crippen LogP contribution in [0, 0.1) is 5.92 Å². The van der Waals surface area contributed by atoms with E-state index < -0.39 is 51.2 Å². The summed E-state index contributed by atoms with van der Waals surface area (Å²) in [5, 5.41) is 1.96. The van der Waals surface area contributed by atoms with Crippen LogP contribution in [0.1, 0.15) is 24.5 Å². The average Bonchev–Trinajstić information content (AvgIpc) is 2.34. The molecule has 0 fully saturated rings. The number of anilines is 1. The zero-order valence-corrected chi connectivity index (χ0v) is 14.1. The molecule has 0 aliphatic carbocycles. The Labute approximate surface area is 148 Å². The van der Waals surface area contributed by atoms with Crippen LogP contribution in [-0.2, 0) is 17.1 Å². The van der Waals surface area contributed by atoms with Crippen LogP contribution >= 0.6 is 34.8 Å². The number of carbonyl (C=O) groups is 1. The largest absolute Gasteiger partial charge is 0.416 e. The summed E-state index contributed by atoms with van der Waals surface area (Å²) in [5.41, 5.74) is -3.73. The van der Waals surface area contributed by atoms with Crippen LogP contribution in [0.5, 0.6) is 0 Å². The van der Waals surface area contributed by atoms with Crippen LogP contribution in [0.2, 0.25) is 0 Å². The van der Waals surface area contributed by atoms with Gasteiger partial charge in [0.2, 0.25) is 5.91 Å². The van der Waals surface area contributed by atoms with E-state index in [1.165, 1.54) is 6.92 Å². The van der Waals surface area contributed by atoms with Gasteiger partial charge in [0, 0.05) is 18.0 Å². The summed E-state index contributed by atoms with van der Waals surface area (Å²) in [6.07, 6.45) is -10.4. The minimum absolute atomic E-state index is 0.0421. The first kappa shape index (κ1) is 21.2. The monoisotopic (exact) mass is 415 g/mol. The van der Waals surface area contributed by atoms with Crippen molar-refractivity contribution in [1.29, 1.82) is 0 Å². The number of amides is 1. The topological polar surface area (TPSA) is 29.1 Å². The Morgan fingerprint density at radius 2 is 1.42 bits per heavy atom. The molecule has 0 saturated heterocycles. The molecule has 1 N–H and O–H groups in total. The summed E-state index contributed by atoms with van der Waals surface area (Å²) in [4.78, 5) is 11.7. The van der Waals surface area contributed by atoms with Crippen LogP contribution in [-0.4, -0.2) is 9.70 Å². The number of nitrogens with one attached hydrogen (secondary N) is 1. The highest BCUT2D eigenvalue weighted by Gasteiger charge is 2.37. The van der Waals surface area contributed by atoms with E-state index in [1.807, 2.05) is 5.32 Å². The molecule has 0 aromatic heterocycles. The van der Waals surface area contributed by atoms with Gasteiger partial charge in [-0.1, -0.05) is 41.7 Å². The van der Waals surface area contributed by atoms with E-state index in [-0.39, 0.29) is 6.07 Å². The minimum Gasteiger partial charge on any atom is -0.326 e. The van der Waals surface area contributed by atoms with E-state index in [4.69, 9.17) is 34.8 Å². The van der Waals surface area contributed by atoms with E-state index in [9.17, 15) is 31.1 Å². The fraction of sp³-hybridized carbons (Fsp3) is 0.462. The average molecular weight is 417 g/mol. The second-order valence-corrected chi connectivity index (χ2v) is 7.36. The maximum atomic E-state index is 12.7. The lowest BCUT2D eigenvalue weighted by atomic mass is 10.1. The van der Waals surface area contributed by atoms with Crippen LogP contribution in [0.3, 0.4) is 0 Å². The molecule has 2 nitrogen and oxygen atoms in total. The number of benzene rings is 1. The van der Waals surface area contributed by atoms with Gasteiger partial charge in [0.25, 0.3) is 0 Å². The molecule has 1 aromatic carbocycles. The van der Waals surface area contributed by atoms with Gasteiger partial charge in [0.1, 0.15) is 0 Å². The Morgan fingerprint density at radius 3 is 1.75 bits per heavy atom. The third kappa shape index (κ3) is 6.22. The Hall–Kier alpha value is -0.860. The third-order valence-corrected chi connectivity index (χ3v) is 4.04. The highest BCUT2D eigenvalue weighted by atomic mass is 35.6. The van der Waals surface area contributed by atoms with Crippen molar-refractivity contribution in [1.82, 2.24) is 0 Å². The van der Waals surface area contributed by atoms with E-state index in [2.05, 4.69) is 0 Å². The second kappa shape index (κ2) is 7.17. The van der Waals surface area contributed by atoms with Crippen molar-refractivity contribution in [3.63, 3.8) is 0 Å². The van der Waals surface area contributed by atoms with Crippen molar-refractivity contribution < 1.29 is 31.1 Å². The molecule has 0 radical (unpaired) electrons. The Morgan fingerprint density at radius 1 is 1.00 bits per heavy atom. The van der Waals surface area contributed by atoms with Crippen LogP contribution in [0.15, 0.2) is 18.2 Å². The van der Waals surface area contributed by atoms with Crippen molar-refractivity contribution in [2.75, 3.05) is 5.32 Å². The molecule has 1 atom stereocenters. The maximum Gasteiger partial charge on any atom is 0.416 e. The molecule has 0 heterocycles. The van der Waals surface area contributed by atoms with E-state index in [1.54, 1.807) is 0 Å². The summed E-state index contributed by atoms with van der Waals surface area (Å²) in [7, 11) is 0. The second-order valence-electron chi connectivity index (χ2n) is 4.99. The van der Waals surface area contributed by atoms with Crippen LogP contribution < -0.4 is 5.32 Å². The van der Waals surface area contributed by atoms with Gasteiger partial charge in [-0.05, 0) is 18.2 Å². The van der Waals surface area contributed by atoms with Crippen molar-refractivity contribution in [3.05, 3.63) is 29.3 Å². The number of hydrogen-bond donors (Lipinski definition) is 1. The molecule has 0 unspecified atom stereocenters. The van der Waals surface area contributed by atoms with Crippen molar-refractivity contribution in [3.8, 4) is 0 Å². The molecular formula is C13H10Cl3F6NO.